The minimum atomic E-state index is -4.41. The number of benzene rings is 2. The van der Waals surface area contributed by atoms with Crippen LogP contribution in [0.15, 0.2) is 60.0 Å². The topological polar surface area (TPSA) is 45.2 Å². The van der Waals surface area contributed by atoms with Crippen molar-refractivity contribution in [2.45, 2.75) is 25.1 Å². The maximum atomic E-state index is 12.9. The van der Waals surface area contributed by atoms with Gasteiger partial charge in [0.15, 0.2) is 0 Å². The van der Waals surface area contributed by atoms with Crippen LogP contribution in [0.3, 0.4) is 0 Å². The Kier molecular flexibility index (Phi) is 5.76. The van der Waals surface area contributed by atoms with Crippen LogP contribution in [0, 0.1) is 0 Å². The summed E-state index contributed by atoms with van der Waals surface area (Å²) in [6.45, 7) is 1.22. The molecule has 2 heterocycles. The number of aromatic nitrogens is 1. The third-order valence-electron chi connectivity index (χ3n) is 5.09. The molecule has 1 aliphatic rings. The average molecular weight is 431 g/mol. The summed E-state index contributed by atoms with van der Waals surface area (Å²) in [6.07, 6.45) is -2.76. The number of piperidine rings is 1. The zero-order valence-corrected chi connectivity index (χ0v) is 16.8. The molecule has 0 spiro atoms. The quantitative estimate of drug-likeness (QED) is 0.590. The Balaban J connectivity index is 1.39. The maximum Gasteiger partial charge on any atom is 0.416 e. The van der Waals surface area contributed by atoms with Gasteiger partial charge < -0.3 is 10.2 Å². The highest BCUT2D eigenvalue weighted by Crippen LogP contribution is 2.33. The molecule has 0 radical (unpaired) electrons. The lowest BCUT2D eigenvalue weighted by molar-refractivity contribution is -0.137. The number of nitrogens with zero attached hydrogens (tertiary/aromatic N) is 2. The SMILES string of the molecule is O=C(c1csc(-c2cccc(C(F)(F)F)c2)n1)N1CCC(Nc2ccccc2)CC1. The van der Waals surface area contributed by atoms with Crippen LogP contribution in [0.25, 0.3) is 10.6 Å². The molecule has 1 aliphatic heterocycles. The van der Waals surface area contributed by atoms with Crippen LogP contribution in [-0.2, 0) is 6.18 Å². The van der Waals surface area contributed by atoms with Crippen LogP contribution in [0.2, 0.25) is 0 Å². The number of likely N-dealkylation sites (tertiary alicyclic amines) is 1. The standard InChI is InChI=1S/C22H20F3N3OS/c23-22(24,25)16-6-4-5-15(13-16)20-27-19(14-30-20)21(29)28-11-9-18(10-12-28)26-17-7-2-1-3-8-17/h1-8,13-14,18,26H,9-12H2. The summed E-state index contributed by atoms with van der Waals surface area (Å²) >= 11 is 1.18. The molecule has 0 unspecified atom stereocenters. The molecule has 0 bridgehead atoms. The van der Waals surface area contributed by atoms with Crippen molar-refractivity contribution in [3.63, 3.8) is 0 Å². The molecule has 1 fully saturated rings. The van der Waals surface area contributed by atoms with Gasteiger partial charge in [0.25, 0.3) is 5.91 Å². The molecule has 156 valence electrons. The molecule has 4 rings (SSSR count). The predicted molar refractivity (Wildman–Crippen MR) is 112 cm³/mol. The molecule has 0 saturated carbocycles. The minimum Gasteiger partial charge on any atom is -0.382 e. The summed E-state index contributed by atoms with van der Waals surface area (Å²) in [5.74, 6) is -0.178. The van der Waals surface area contributed by atoms with Crippen molar-refractivity contribution >= 4 is 22.9 Å². The Bertz CT molecular complexity index is 1010. The summed E-state index contributed by atoms with van der Waals surface area (Å²) in [5, 5.41) is 5.50. The van der Waals surface area contributed by atoms with E-state index in [0.29, 0.717) is 29.7 Å². The number of nitrogens with one attached hydrogen (secondary N) is 1. The number of carbonyl (C=O) groups excluding carboxylic acids is 1. The number of halogens is 3. The molecule has 8 heteroatoms. The number of rotatable bonds is 4. The van der Waals surface area contributed by atoms with E-state index < -0.39 is 11.7 Å². The molecule has 30 heavy (non-hydrogen) atoms. The highest BCUT2D eigenvalue weighted by molar-refractivity contribution is 7.13. The number of thiazole rings is 1. The lowest BCUT2D eigenvalue weighted by atomic mass is 10.0. The van der Waals surface area contributed by atoms with Crippen LogP contribution < -0.4 is 5.32 Å². The van der Waals surface area contributed by atoms with Crippen LogP contribution in [0.4, 0.5) is 18.9 Å². The fourth-order valence-corrected chi connectivity index (χ4v) is 4.28. The van der Waals surface area contributed by atoms with E-state index in [1.165, 1.54) is 17.4 Å². The second-order valence-corrected chi connectivity index (χ2v) is 8.05. The van der Waals surface area contributed by atoms with Crippen molar-refractivity contribution in [2.24, 2.45) is 0 Å². The second kappa shape index (κ2) is 8.47. The number of hydrogen-bond acceptors (Lipinski definition) is 4. The van der Waals surface area contributed by atoms with Gasteiger partial charge in [-0.25, -0.2) is 4.98 Å². The smallest absolute Gasteiger partial charge is 0.382 e. The number of anilines is 1. The number of para-hydroxylation sites is 1. The van der Waals surface area contributed by atoms with Gasteiger partial charge in [-0.15, -0.1) is 11.3 Å². The molecule has 1 aromatic heterocycles. The lowest BCUT2D eigenvalue weighted by Gasteiger charge is -2.32. The van der Waals surface area contributed by atoms with E-state index in [-0.39, 0.29) is 11.6 Å². The molecule has 1 amide bonds. The van der Waals surface area contributed by atoms with Gasteiger partial charge in [0.05, 0.1) is 5.56 Å². The second-order valence-electron chi connectivity index (χ2n) is 7.19. The number of amides is 1. The van der Waals surface area contributed by atoms with Crippen molar-refractivity contribution < 1.29 is 18.0 Å². The van der Waals surface area contributed by atoms with Crippen LogP contribution >= 0.6 is 11.3 Å². The molecule has 0 atom stereocenters. The maximum absolute atomic E-state index is 12.9. The average Bonchev–Trinajstić information content (AvgIpc) is 3.24. The van der Waals surface area contributed by atoms with E-state index in [2.05, 4.69) is 10.3 Å². The van der Waals surface area contributed by atoms with Gasteiger partial charge >= 0.3 is 6.18 Å². The Morgan fingerprint density at radius 3 is 2.50 bits per heavy atom. The molecule has 2 aromatic carbocycles. The predicted octanol–water partition coefficient (Wildman–Crippen LogP) is 5.55. The first kappa shape index (κ1) is 20.4. The highest BCUT2D eigenvalue weighted by Gasteiger charge is 2.31. The van der Waals surface area contributed by atoms with Crippen molar-refractivity contribution in [1.82, 2.24) is 9.88 Å². The van der Waals surface area contributed by atoms with E-state index in [4.69, 9.17) is 0 Å². The summed E-state index contributed by atoms with van der Waals surface area (Å²) in [6, 6.07) is 15.3. The summed E-state index contributed by atoms with van der Waals surface area (Å²) in [4.78, 5) is 18.9. The Morgan fingerprint density at radius 2 is 1.80 bits per heavy atom. The number of hydrogen-bond donors (Lipinski definition) is 1. The van der Waals surface area contributed by atoms with Crippen LogP contribution in [0.5, 0.6) is 0 Å². The van der Waals surface area contributed by atoms with Gasteiger partial charge in [0.1, 0.15) is 10.7 Å². The molecule has 3 aromatic rings. The van der Waals surface area contributed by atoms with Crippen molar-refractivity contribution in [3.8, 4) is 10.6 Å². The third kappa shape index (κ3) is 4.64. The first-order chi connectivity index (χ1) is 14.4. The van der Waals surface area contributed by atoms with Gasteiger partial charge in [-0.3, -0.25) is 4.79 Å². The molecule has 1 saturated heterocycles. The van der Waals surface area contributed by atoms with Crippen molar-refractivity contribution in [2.75, 3.05) is 18.4 Å². The van der Waals surface area contributed by atoms with Crippen LogP contribution in [-0.4, -0.2) is 34.9 Å². The van der Waals surface area contributed by atoms with Gasteiger partial charge in [-0.05, 0) is 37.1 Å². The molecular weight excluding hydrogens is 411 g/mol. The Morgan fingerprint density at radius 1 is 1.07 bits per heavy atom. The van der Waals surface area contributed by atoms with E-state index in [0.717, 1.165) is 30.7 Å². The van der Waals surface area contributed by atoms with E-state index in [1.54, 1.807) is 16.3 Å². The van der Waals surface area contributed by atoms with Gasteiger partial charge in [0, 0.05) is 35.8 Å². The van der Waals surface area contributed by atoms with Gasteiger partial charge in [-0.2, -0.15) is 13.2 Å². The monoisotopic (exact) mass is 431 g/mol. The summed E-state index contributed by atoms with van der Waals surface area (Å²) in [5.41, 5.74) is 0.977. The fraction of sp³-hybridized carbons (Fsp3) is 0.273. The van der Waals surface area contributed by atoms with E-state index >= 15 is 0 Å². The Hall–Kier alpha value is -2.87. The lowest BCUT2D eigenvalue weighted by Crippen LogP contribution is -2.42. The first-order valence-electron chi connectivity index (χ1n) is 9.64. The largest absolute Gasteiger partial charge is 0.416 e. The zero-order valence-electron chi connectivity index (χ0n) is 16.0. The molecule has 4 nitrogen and oxygen atoms in total. The van der Waals surface area contributed by atoms with Gasteiger partial charge in [-0.1, -0.05) is 30.3 Å². The zero-order chi connectivity index (χ0) is 21.1. The van der Waals surface area contributed by atoms with Crippen LogP contribution in [0.1, 0.15) is 28.9 Å². The summed E-state index contributed by atoms with van der Waals surface area (Å²) in [7, 11) is 0. The molecule has 1 N–H and O–H groups in total. The highest BCUT2D eigenvalue weighted by atomic mass is 32.1. The number of alkyl halides is 3. The van der Waals surface area contributed by atoms with Gasteiger partial charge in [0.2, 0.25) is 0 Å². The number of carbonyl (C=O) groups is 1. The minimum absolute atomic E-state index is 0.178. The Labute approximate surface area is 176 Å². The first-order valence-corrected chi connectivity index (χ1v) is 10.5. The summed E-state index contributed by atoms with van der Waals surface area (Å²) < 4.78 is 38.8. The normalized spacial score (nSPS) is 15.2. The van der Waals surface area contributed by atoms with Crippen molar-refractivity contribution in [3.05, 3.63) is 71.2 Å². The van der Waals surface area contributed by atoms with E-state index in [1.807, 2.05) is 30.3 Å². The molecular formula is C22H20F3N3OS. The molecule has 0 aliphatic carbocycles. The van der Waals surface area contributed by atoms with Crippen molar-refractivity contribution in [1.29, 1.82) is 0 Å². The fourth-order valence-electron chi connectivity index (χ4n) is 3.49. The third-order valence-corrected chi connectivity index (χ3v) is 5.98. The van der Waals surface area contributed by atoms with E-state index in [9.17, 15) is 18.0 Å².